The number of benzene rings is 2. The Labute approximate surface area is 379 Å². The summed E-state index contributed by atoms with van der Waals surface area (Å²) in [6.45, 7) is 14.0. The summed E-state index contributed by atoms with van der Waals surface area (Å²) in [6, 6.07) is 12.4. The van der Waals surface area contributed by atoms with Crippen LogP contribution in [0.3, 0.4) is 0 Å². The van der Waals surface area contributed by atoms with Crippen LogP contribution in [0.1, 0.15) is 91.1 Å². The number of amides is 5. The van der Waals surface area contributed by atoms with E-state index in [1.807, 2.05) is 55.7 Å². The lowest BCUT2D eigenvalue weighted by atomic mass is 9.84. The van der Waals surface area contributed by atoms with Gasteiger partial charge in [-0.05, 0) is 75.0 Å². The Bertz CT molecular complexity index is 2020. The minimum atomic E-state index is -0.669. The molecule has 1 aliphatic rings. The summed E-state index contributed by atoms with van der Waals surface area (Å²) in [5.74, 6) is -0.705. The third-order valence-electron chi connectivity index (χ3n) is 9.87. The molecule has 2 N–H and O–H groups in total. The van der Waals surface area contributed by atoms with Crippen LogP contribution in [-0.4, -0.2) is 119 Å². The Hall–Kier alpha value is -5.13. The van der Waals surface area contributed by atoms with Gasteiger partial charge in [-0.3, -0.25) is 24.1 Å². The largest absolute Gasteiger partial charge is 0.444 e. The summed E-state index contributed by atoms with van der Waals surface area (Å²) in [6.07, 6.45) is 6.69. The normalized spacial score (nSPS) is 13.3. The van der Waals surface area contributed by atoms with Crippen molar-refractivity contribution in [2.75, 3.05) is 64.1 Å². The highest BCUT2D eigenvalue weighted by atomic mass is 32.2. The van der Waals surface area contributed by atoms with Crippen LogP contribution in [0, 0.1) is 17.0 Å². The van der Waals surface area contributed by atoms with Crippen molar-refractivity contribution in [3.63, 3.8) is 0 Å². The van der Waals surface area contributed by atoms with Gasteiger partial charge in [-0.2, -0.15) is 11.8 Å². The van der Waals surface area contributed by atoms with E-state index in [0.29, 0.717) is 63.7 Å². The van der Waals surface area contributed by atoms with Crippen LogP contribution in [0.25, 0.3) is 11.3 Å². The molecule has 3 aromatic rings. The zero-order valence-corrected chi connectivity index (χ0v) is 38.8. The topological polar surface area (TPSA) is 161 Å². The summed E-state index contributed by atoms with van der Waals surface area (Å²) in [4.78, 5) is 70.2. The zero-order chi connectivity index (χ0) is 46.7. The van der Waals surface area contributed by atoms with Crippen LogP contribution in [0.2, 0.25) is 0 Å². The van der Waals surface area contributed by atoms with Gasteiger partial charge in [-0.15, -0.1) is 0 Å². The van der Waals surface area contributed by atoms with Crippen molar-refractivity contribution >= 4 is 41.5 Å². The van der Waals surface area contributed by atoms with Gasteiger partial charge in [-0.25, -0.2) is 18.6 Å². The number of thioether (sulfide) groups is 1. The van der Waals surface area contributed by atoms with Crippen LogP contribution in [0.4, 0.5) is 13.6 Å². The van der Waals surface area contributed by atoms with Gasteiger partial charge >= 0.3 is 6.09 Å². The molecule has 0 spiro atoms. The fourth-order valence-electron chi connectivity index (χ4n) is 6.91. The van der Waals surface area contributed by atoms with E-state index in [0.717, 1.165) is 41.5 Å². The summed E-state index contributed by atoms with van der Waals surface area (Å²) >= 11 is 1.51. The maximum Gasteiger partial charge on any atom is 0.407 e. The fourth-order valence-corrected chi connectivity index (χ4v) is 7.81. The Balaban J connectivity index is 1.32. The average Bonchev–Trinajstić information content (AvgIpc) is 3.78. The highest BCUT2D eigenvalue weighted by molar-refractivity contribution is 7.99. The fraction of sp³-hybridized carbons (Fsp3) is 0.532. The number of carbonyl (C=O) groups is 5. The molecule has 14 nitrogen and oxygen atoms in total. The van der Waals surface area contributed by atoms with E-state index in [1.165, 1.54) is 23.9 Å². The predicted octanol–water partition coefficient (Wildman–Crippen LogP) is 7.08. The number of halogens is 2. The quantitative estimate of drug-likeness (QED) is 0.0630. The molecule has 350 valence electrons. The van der Waals surface area contributed by atoms with E-state index >= 15 is 4.39 Å². The van der Waals surface area contributed by atoms with Gasteiger partial charge in [0.05, 0.1) is 50.5 Å². The van der Waals surface area contributed by atoms with Crippen molar-refractivity contribution < 1.29 is 47.0 Å². The molecule has 0 saturated carbocycles. The van der Waals surface area contributed by atoms with Crippen molar-refractivity contribution in [1.82, 2.24) is 30.0 Å². The van der Waals surface area contributed by atoms with Gasteiger partial charge < -0.3 is 34.3 Å². The number of imidazole rings is 1. The number of nitrogens with one attached hydrogen (secondary N) is 2. The molecule has 1 atom stereocenters. The first-order chi connectivity index (χ1) is 30.4. The van der Waals surface area contributed by atoms with Crippen LogP contribution in [0.5, 0.6) is 0 Å². The Kier molecular flexibility index (Phi) is 20.4. The number of alkyl carbamates (subject to hydrolysis) is 1. The molecule has 0 saturated heterocycles. The molecule has 0 bridgehead atoms. The molecular weight excluding hydrogens is 847 g/mol. The number of aromatic nitrogens is 2. The van der Waals surface area contributed by atoms with Gasteiger partial charge in [0.15, 0.2) is 0 Å². The molecule has 0 aliphatic carbocycles. The second-order valence-electron chi connectivity index (χ2n) is 17.5. The van der Waals surface area contributed by atoms with Gasteiger partial charge in [0.1, 0.15) is 23.1 Å². The monoisotopic (exact) mass is 910 g/mol. The minimum Gasteiger partial charge on any atom is -0.444 e. The molecule has 17 heteroatoms. The first kappa shape index (κ1) is 51.5. The molecule has 2 heterocycles. The van der Waals surface area contributed by atoms with Gasteiger partial charge in [-0.1, -0.05) is 57.5 Å². The number of imide groups is 1. The molecule has 5 amide bonds. The van der Waals surface area contributed by atoms with Gasteiger partial charge in [0.2, 0.25) is 11.8 Å². The van der Waals surface area contributed by atoms with Crippen LogP contribution in [0.15, 0.2) is 66.9 Å². The van der Waals surface area contributed by atoms with E-state index in [-0.39, 0.29) is 66.9 Å². The van der Waals surface area contributed by atoms with Crippen molar-refractivity contribution in [3.8, 4) is 11.3 Å². The summed E-state index contributed by atoms with van der Waals surface area (Å²) in [5, 5.41) is 5.63. The second-order valence-corrected chi connectivity index (χ2v) is 18.6. The first-order valence-corrected chi connectivity index (χ1v) is 22.9. The Morgan fingerprint density at radius 3 is 2.23 bits per heavy atom. The van der Waals surface area contributed by atoms with E-state index in [4.69, 9.17) is 19.2 Å². The molecule has 0 unspecified atom stereocenters. The standard InChI is InChI=1S/C47H64F2N6O8S/c1-46(2,3)43(44-52-38(36-30-35(48)17-18-37(36)49)32-53(44)31-34-14-9-7-10-15-34)55(23-13-21-51-45(60)63-47(4,5)6)42(59)33-64-29-12-8-11-16-39(56)50-22-25-61-27-28-62-26-24-54-40(57)19-20-41(54)58/h7,9-10,14-15,17-20,30,32,43H,8,11-13,16,21-29,31,33H2,1-6H3,(H,50,56)(H,51,60)/t43-/m0/s1. The lowest BCUT2D eigenvalue weighted by Gasteiger charge is -2.40. The third-order valence-corrected chi connectivity index (χ3v) is 10.9. The average molecular weight is 911 g/mol. The second kappa shape index (κ2) is 25.4. The number of carbonyl (C=O) groups excluding carboxylic acids is 5. The number of nitrogens with zero attached hydrogens (tertiary/aromatic N) is 4. The summed E-state index contributed by atoms with van der Waals surface area (Å²) in [5.41, 5.74) is -0.0154. The van der Waals surface area contributed by atoms with E-state index in [1.54, 1.807) is 31.9 Å². The van der Waals surface area contributed by atoms with Crippen molar-refractivity contribution in [1.29, 1.82) is 0 Å². The van der Waals surface area contributed by atoms with Gasteiger partial charge in [0, 0.05) is 56.5 Å². The van der Waals surface area contributed by atoms with Crippen LogP contribution < -0.4 is 10.6 Å². The predicted molar refractivity (Wildman–Crippen MR) is 242 cm³/mol. The number of ether oxygens (including phenoxy) is 3. The van der Waals surface area contributed by atoms with E-state index in [2.05, 4.69) is 10.6 Å². The molecule has 0 radical (unpaired) electrons. The Morgan fingerprint density at radius 2 is 1.55 bits per heavy atom. The molecule has 0 fully saturated rings. The first-order valence-electron chi connectivity index (χ1n) is 21.8. The van der Waals surface area contributed by atoms with Crippen LogP contribution in [-0.2, 0) is 39.9 Å². The molecule has 1 aliphatic heterocycles. The number of rotatable bonds is 26. The molecule has 1 aromatic heterocycles. The summed E-state index contributed by atoms with van der Waals surface area (Å²) in [7, 11) is 0. The minimum absolute atomic E-state index is 0.0177. The Morgan fingerprint density at radius 1 is 0.844 bits per heavy atom. The maximum absolute atomic E-state index is 15.2. The SMILES string of the molecule is CC(C)(C)OC(=O)NCCCN(C(=O)CSCCCCCC(=O)NCCOCCOCCN1C(=O)C=CC1=O)[C@@H](c1nc(-c2cc(F)ccc2F)cn1Cc1ccccc1)C(C)(C)C. The van der Waals surface area contributed by atoms with E-state index in [9.17, 15) is 28.4 Å². The zero-order valence-electron chi connectivity index (χ0n) is 38.0. The lowest BCUT2D eigenvalue weighted by molar-refractivity contribution is -0.138. The lowest BCUT2D eigenvalue weighted by Crippen LogP contribution is -2.44. The number of hydrogen-bond donors (Lipinski definition) is 2. The third kappa shape index (κ3) is 17.4. The molecular formula is C47H64F2N6O8S. The molecule has 4 rings (SSSR count). The van der Waals surface area contributed by atoms with Crippen molar-refractivity contribution in [2.24, 2.45) is 5.41 Å². The van der Waals surface area contributed by atoms with E-state index < -0.39 is 34.8 Å². The molecule has 64 heavy (non-hydrogen) atoms. The molecule has 2 aromatic carbocycles. The van der Waals surface area contributed by atoms with Crippen molar-refractivity contribution in [2.45, 2.75) is 91.8 Å². The number of unbranched alkanes of at least 4 members (excludes halogenated alkanes) is 2. The highest BCUT2D eigenvalue weighted by Gasteiger charge is 2.38. The van der Waals surface area contributed by atoms with Crippen LogP contribution >= 0.6 is 11.8 Å². The van der Waals surface area contributed by atoms with Crippen molar-refractivity contribution in [3.05, 3.63) is 89.9 Å². The van der Waals surface area contributed by atoms with Gasteiger partial charge in [0.25, 0.3) is 11.8 Å². The smallest absolute Gasteiger partial charge is 0.407 e. The maximum atomic E-state index is 15.2. The number of hydrogen-bond acceptors (Lipinski definition) is 10. The highest BCUT2D eigenvalue weighted by Crippen LogP contribution is 2.40. The summed E-state index contributed by atoms with van der Waals surface area (Å²) < 4.78 is 47.9.